The molecule has 0 spiro atoms. The van der Waals surface area contributed by atoms with Crippen molar-refractivity contribution < 1.29 is 0 Å². The number of imidazole rings is 1. The summed E-state index contributed by atoms with van der Waals surface area (Å²) in [5, 5.41) is 3.26. The van der Waals surface area contributed by atoms with Gasteiger partial charge in [-0.3, -0.25) is 0 Å². The van der Waals surface area contributed by atoms with Crippen LogP contribution in [-0.4, -0.2) is 17.0 Å². The fourth-order valence-corrected chi connectivity index (χ4v) is 1.84. The number of aryl methyl sites for hydroxylation is 1. The molecule has 2 N–H and O–H groups in total. The van der Waals surface area contributed by atoms with Crippen LogP contribution in [0.2, 0.25) is 0 Å². The molecular formula is C13H17N3. The van der Waals surface area contributed by atoms with E-state index in [1.54, 1.807) is 6.20 Å². The van der Waals surface area contributed by atoms with Crippen LogP contribution in [0.15, 0.2) is 36.7 Å². The minimum atomic E-state index is 0.140. The molecule has 3 nitrogen and oxygen atoms in total. The SMILES string of the molecule is CCc1ccc(C(NC)c2ncc[nH]2)cc1. The van der Waals surface area contributed by atoms with Gasteiger partial charge in [0.2, 0.25) is 0 Å². The van der Waals surface area contributed by atoms with Gasteiger partial charge in [-0.2, -0.15) is 0 Å². The lowest BCUT2D eigenvalue weighted by molar-refractivity contribution is 0.655. The van der Waals surface area contributed by atoms with Crippen LogP contribution in [0.4, 0.5) is 0 Å². The highest BCUT2D eigenvalue weighted by molar-refractivity contribution is 5.28. The van der Waals surface area contributed by atoms with Crippen LogP contribution in [0.5, 0.6) is 0 Å². The second kappa shape index (κ2) is 4.94. The molecule has 1 aromatic heterocycles. The molecule has 0 saturated carbocycles. The van der Waals surface area contributed by atoms with Crippen molar-refractivity contribution in [1.82, 2.24) is 15.3 Å². The Bertz CT molecular complexity index is 417. The Morgan fingerprint density at radius 3 is 2.56 bits per heavy atom. The van der Waals surface area contributed by atoms with Crippen molar-refractivity contribution in [3.63, 3.8) is 0 Å². The topological polar surface area (TPSA) is 40.7 Å². The van der Waals surface area contributed by atoms with Crippen molar-refractivity contribution in [1.29, 1.82) is 0 Å². The van der Waals surface area contributed by atoms with Crippen molar-refractivity contribution in [2.24, 2.45) is 0 Å². The summed E-state index contributed by atoms with van der Waals surface area (Å²) in [6, 6.07) is 8.79. The Hall–Kier alpha value is -1.61. The number of nitrogens with zero attached hydrogens (tertiary/aromatic N) is 1. The molecule has 0 bridgehead atoms. The van der Waals surface area contributed by atoms with Crippen molar-refractivity contribution in [3.8, 4) is 0 Å². The fourth-order valence-electron chi connectivity index (χ4n) is 1.84. The molecule has 1 heterocycles. The number of nitrogens with one attached hydrogen (secondary N) is 2. The molecule has 84 valence electrons. The van der Waals surface area contributed by atoms with Crippen molar-refractivity contribution in [3.05, 3.63) is 53.6 Å². The number of H-pyrrole nitrogens is 1. The molecule has 0 aliphatic rings. The first kappa shape index (κ1) is 10.9. The largest absolute Gasteiger partial charge is 0.347 e. The normalized spacial score (nSPS) is 12.6. The van der Waals surface area contributed by atoms with Crippen LogP contribution in [0.25, 0.3) is 0 Å². The molecular weight excluding hydrogens is 198 g/mol. The lowest BCUT2D eigenvalue weighted by Gasteiger charge is -2.14. The van der Waals surface area contributed by atoms with E-state index in [1.165, 1.54) is 11.1 Å². The Morgan fingerprint density at radius 1 is 1.31 bits per heavy atom. The molecule has 0 fully saturated rings. The Morgan fingerprint density at radius 2 is 2.06 bits per heavy atom. The van der Waals surface area contributed by atoms with Crippen molar-refractivity contribution in [2.45, 2.75) is 19.4 Å². The summed E-state index contributed by atoms with van der Waals surface area (Å²) in [5.74, 6) is 0.951. The van der Waals surface area contributed by atoms with E-state index >= 15 is 0 Å². The summed E-state index contributed by atoms with van der Waals surface area (Å²) in [6.45, 7) is 2.16. The lowest BCUT2D eigenvalue weighted by atomic mass is 10.0. The summed E-state index contributed by atoms with van der Waals surface area (Å²) in [4.78, 5) is 7.43. The minimum Gasteiger partial charge on any atom is -0.347 e. The zero-order valence-electron chi connectivity index (χ0n) is 9.70. The molecule has 0 aliphatic heterocycles. The Kier molecular flexibility index (Phi) is 3.37. The summed E-state index contributed by atoms with van der Waals surface area (Å²) < 4.78 is 0. The van der Waals surface area contributed by atoms with Gasteiger partial charge in [-0.05, 0) is 24.6 Å². The maximum absolute atomic E-state index is 4.29. The van der Waals surface area contributed by atoms with Gasteiger partial charge in [0.15, 0.2) is 0 Å². The van der Waals surface area contributed by atoms with E-state index in [0.717, 1.165) is 12.2 Å². The van der Waals surface area contributed by atoms with E-state index in [1.807, 2.05) is 13.2 Å². The van der Waals surface area contributed by atoms with Gasteiger partial charge in [0.05, 0.1) is 6.04 Å². The molecule has 2 rings (SSSR count). The molecule has 1 unspecified atom stereocenters. The zero-order valence-corrected chi connectivity index (χ0v) is 9.70. The number of hydrogen-bond acceptors (Lipinski definition) is 2. The average Bonchev–Trinajstić information content (AvgIpc) is 2.85. The third-order valence-corrected chi connectivity index (χ3v) is 2.80. The summed E-state index contributed by atoms with van der Waals surface area (Å²) in [5.41, 5.74) is 2.59. The Labute approximate surface area is 95.9 Å². The lowest BCUT2D eigenvalue weighted by Crippen LogP contribution is -2.18. The number of hydrogen-bond donors (Lipinski definition) is 2. The molecule has 1 atom stereocenters. The van der Waals surface area contributed by atoms with E-state index in [-0.39, 0.29) is 6.04 Å². The van der Waals surface area contributed by atoms with Crippen LogP contribution in [-0.2, 0) is 6.42 Å². The first-order valence-corrected chi connectivity index (χ1v) is 5.60. The third kappa shape index (κ3) is 2.14. The monoisotopic (exact) mass is 215 g/mol. The molecule has 1 aromatic carbocycles. The highest BCUT2D eigenvalue weighted by Crippen LogP contribution is 2.18. The predicted octanol–water partition coefficient (Wildman–Crippen LogP) is 2.28. The van der Waals surface area contributed by atoms with Crippen LogP contribution < -0.4 is 5.32 Å². The first-order chi connectivity index (χ1) is 7.85. The second-order valence-electron chi connectivity index (χ2n) is 3.79. The predicted molar refractivity (Wildman–Crippen MR) is 65.3 cm³/mol. The van der Waals surface area contributed by atoms with Crippen LogP contribution in [0.3, 0.4) is 0 Å². The summed E-state index contributed by atoms with van der Waals surface area (Å²) >= 11 is 0. The highest BCUT2D eigenvalue weighted by Gasteiger charge is 2.13. The van der Waals surface area contributed by atoms with Crippen LogP contribution >= 0.6 is 0 Å². The molecule has 16 heavy (non-hydrogen) atoms. The van der Waals surface area contributed by atoms with Crippen LogP contribution in [0, 0.1) is 0 Å². The summed E-state index contributed by atoms with van der Waals surface area (Å²) in [7, 11) is 1.95. The van der Waals surface area contributed by atoms with Crippen molar-refractivity contribution >= 4 is 0 Å². The van der Waals surface area contributed by atoms with E-state index in [0.29, 0.717) is 0 Å². The molecule has 3 heteroatoms. The second-order valence-corrected chi connectivity index (χ2v) is 3.79. The van der Waals surface area contributed by atoms with Gasteiger partial charge >= 0.3 is 0 Å². The number of benzene rings is 1. The standard InChI is InChI=1S/C13H17N3/c1-3-10-4-6-11(7-5-10)12(14-2)13-15-8-9-16-13/h4-9,12,14H,3H2,1-2H3,(H,15,16). The van der Waals surface area contributed by atoms with E-state index in [4.69, 9.17) is 0 Å². The van der Waals surface area contributed by atoms with Gasteiger partial charge in [0.25, 0.3) is 0 Å². The minimum absolute atomic E-state index is 0.140. The molecule has 0 radical (unpaired) electrons. The van der Waals surface area contributed by atoms with E-state index in [2.05, 4.69) is 46.5 Å². The number of rotatable bonds is 4. The van der Waals surface area contributed by atoms with E-state index in [9.17, 15) is 0 Å². The molecule has 0 saturated heterocycles. The van der Waals surface area contributed by atoms with Gasteiger partial charge in [0.1, 0.15) is 5.82 Å². The Balaban J connectivity index is 2.27. The highest BCUT2D eigenvalue weighted by atomic mass is 15.0. The van der Waals surface area contributed by atoms with Gasteiger partial charge in [0, 0.05) is 12.4 Å². The zero-order chi connectivity index (χ0) is 11.4. The van der Waals surface area contributed by atoms with Crippen molar-refractivity contribution in [2.75, 3.05) is 7.05 Å². The van der Waals surface area contributed by atoms with Gasteiger partial charge < -0.3 is 10.3 Å². The van der Waals surface area contributed by atoms with Gasteiger partial charge in [-0.25, -0.2) is 4.98 Å². The summed E-state index contributed by atoms with van der Waals surface area (Å²) in [6.07, 6.45) is 4.70. The van der Waals surface area contributed by atoms with E-state index < -0.39 is 0 Å². The first-order valence-electron chi connectivity index (χ1n) is 5.60. The maximum atomic E-state index is 4.29. The number of aromatic nitrogens is 2. The third-order valence-electron chi connectivity index (χ3n) is 2.80. The smallest absolute Gasteiger partial charge is 0.127 e. The fraction of sp³-hybridized carbons (Fsp3) is 0.308. The maximum Gasteiger partial charge on any atom is 0.127 e. The molecule has 0 aliphatic carbocycles. The van der Waals surface area contributed by atoms with Crippen LogP contribution in [0.1, 0.15) is 29.9 Å². The molecule has 2 aromatic rings. The number of aromatic amines is 1. The van der Waals surface area contributed by atoms with Gasteiger partial charge in [-0.1, -0.05) is 31.2 Å². The average molecular weight is 215 g/mol. The quantitative estimate of drug-likeness (QED) is 0.821. The molecule has 0 amide bonds. The van der Waals surface area contributed by atoms with Gasteiger partial charge in [-0.15, -0.1) is 0 Å².